The summed E-state index contributed by atoms with van der Waals surface area (Å²) in [5, 5.41) is -0.336. The first-order valence-corrected chi connectivity index (χ1v) is 12.2. The maximum atomic E-state index is 12.9. The van der Waals surface area contributed by atoms with E-state index in [1.54, 1.807) is 48.5 Å². The number of carbonyl (C=O) groups is 3. The highest BCUT2D eigenvalue weighted by Crippen LogP contribution is 2.36. The number of ether oxygens (including phenoxy) is 1. The van der Waals surface area contributed by atoms with Gasteiger partial charge in [0, 0.05) is 13.6 Å². The van der Waals surface area contributed by atoms with Crippen molar-refractivity contribution in [2.45, 2.75) is 6.54 Å². The SMILES string of the molecule is O=C(Oc1ccc(Br)cc1/C=C1\SC(=O)N(Cc2ccc(I)cc2)C1=O)c1ccccc1. The van der Waals surface area contributed by atoms with E-state index in [-0.39, 0.29) is 22.6 Å². The van der Waals surface area contributed by atoms with Gasteiger partial charge in [0.25, 0.3) is 11.1 Å². The zero-order chi connectivity index (χ0) is 22.7. The molecule has 4 rings (SSSR count). The van der Waals surface area contributed by atoms with Crippen LogP contribution in [-0.2, 0) is 11.3 Å². The van der Waals surface area contributed by atoms with Crippen LogP contribution in [-0.4, -0.2) is 22.0 Å². The molecule has 3 aromatic carbocycles. The Morgan fingerprint density at radius 3 is 2.47 bits per heavy atom. The Bertz CT molecular complexity index is 1230. The van der Waals surface area contributed by atoms with Gasteiger partial charge in [0.05, 0.1) is 17.0 Å². The number of amides is 2. The minimum absolute atomic E-state index is 0.202. The predicted octanol–water partition coefficient (Wildman–Crippen LogP) is 6.51. The molecule has 0 saturated carbocycles. The third-order valence-corrected chi connectivity index (χ3v) is 6.72. The van der Waals surface area contributed by atoms with Crippen LogP contribution in [0.25, 0.3) is 6.08 Å². The fourth-order valence-corrected chi connectivity index (χ4v) is 4.58. The molecule has 0 aliphatic carbocycles. The summed E-state index contributed by atoms with van der Waals surface area (Å²) < 4.78 is 7.40. The van der Waals surface area contributed by atoms with E-state index in [2.05, 4.69) is 38.5 Å². The van der Waals surface area contributed by atoms with Gasteiger partial charge in [-0.05, 0) is 88.5 Å². The van der Waals surface area contributed by atoms with Crippen LogP contribution in [0.2, 0.25) is 0 Å². The average molecular weight is 620 g/mol. The highest BCUT2D eigenvalue weighted by molar-refractivity contribution is 14.1. The number of esters is 1. The first-order valence-electron chi connectivity index (χ1n) is 9.47. The highest BCUT2D eigenvalue weighted by atomic mass is 127. The Labute approximate surface area is 211 Å². The number of hydrogen-bond donors (Lipinski definition) is 0. The molecular formula is C24H15BrINO4S. The number of hydrogen-bond acceptors (Lipinski definition) is 5. The van der Waals surface area contributed by atoms with Crippen molar-refractivity contribution < 1.29 is 19.1 Å². The van der Waals surface area contributed by atoms with Gasteiger partial charge in [-0.25, -0.2) is 4.79 Å². The van der Waals surface area contributed by atoms with Gasteiger partial charge in [-0.2, -0.15) is 0 Å². The second-order valence-electron chi connectivity index (χ2n) is 6.83. The van der Waals surface area contributed by atoms with Crippen molar-refractivity contribution in [3.63, 3.8) is 0 Å². The van der Waals surface area contributed by atoms with Gasteiger partial charge >= 0.3 is 5.97 Å². The first kappa shape index (κ1) is 22.8. The molecule has 3 aromatic rings. The first-order chi connectivity index (χ1) is 15.4. The molecule has 0 radical (unpaired) electrons. The molecule has 0 aromatic heterocycles. The summed E-state index contributed by atoms with van der Waals surface area (Å²) in [7, 11) is 0. The number of rotatable bonds is 5. The Balaban J connectivity index is 1.58. The monoisotopic (exact) mass is 619 g/mol. The topological polar surface area (TPSA) is 63.7 Å². The van der Waals surface area contributed by atoms with Crippen LogP contribution >= 0.6 is 50.3 Å². The number of carbonyl (C=O) groups excluding carboxylic acids is 3. The standard InChI is InChI=1S/C24H15BrINO4S/c25-18-8-11-20(31-23(29)16-4-2-1-3-5-16)17(12-18)13-21-22(28)27(24(30)32-21)14-15-6-9-19(26)10-7-15/h1-13H,14H2/b21-13-. The molecular weight excluding hydrogens is 605 g/mol. The van der Waals surface area contributed by atoms with Gasteiger partial charge in [0.15, 0.2) is 0 Å². The van der Waals surface area contributed by atoms with Crippen LogP contribution < -0.4 is 4.74 Å². The van der Waals surface area contributed by atoms with E-state index in [4.69, 9.17) is 4.74 Å². The summed E-state index contributed by atoms with van der Waals surface area (Å²) in [5.74, 6) is -0.584. The molecule has 0 atom stereocenters. The van der Waals surface area contributed by atoms with Crippen molar-refractivity contribution in [2.24, 2.45) is 0 Å². The molecule has 2 amide bonds. The summed E-state index contributed by atoms with van der Waals surface area (Å²) in [6.07, 6.45) is 1.58. The summed E-state index contributed by atoms with van der Waals surface area (Å²) >= 11 is 6.48. The maximum absolute atomic E-state index is 12.9. The molecule has 1 saturated heterocycles. The van der Waals surface area contributed by atoms with Crippen molar-refractivity contribution in [2.75, 3.05) is 0 Å². The lowest BCUT2D eigenvalue weighted by Crippen LogP contribution is -2.27. The van der Waals surface area contributed by atoms with Gasteiger partial charge in [0.1, 0.15) is 5.75 Å². The summed E-state index contributed by atoms with van der Waals surface area (Å²) in [5.41, 5.74) is 1.80. The molecule has 0 N–H and O–H groups in total. The van der Waals surface area contributed by atoms with Gasteiger partial charge in [-0.3, -0.25) is 14.5 Å². The van der Waals surface area contributed by atoms with Crippen molar-refractivity contribution >= 4 is 73.5 Å². The molecule has 1 heterocycles. The smallest absolute Gasteiger partial charge is 0.343 e. The van der Waals surface area contributed by atoms with Crippen LogP contribution in [0.5, 0.6) is 5.75 Å². The fraction of sp³-hybridized carbons (Fsp3) is 0.0417. The third kappa shape index (κ3) is 5.31. The number of halogens is 2. The van der Waals surface area contributed by atoms with Gasteiger partial charge < -0.3 is 4.74 Å². The molecule has 1 aliphatic rings. The van der Waals surface area contributed by atoms with E-state index >= 15 is 0 Å². The normalized spacial score (nSPS) is 14.8. The lowest BCUT2D eigenvalue weighted by Gasteiger charge is -2.12. The van der Waals surface area contributed by atoms with Crippen LogP contribution in [0.1, 0.15) is 21.5 Å². The Morgan fingerprint density at radius 1 is 1.03 bits per heavy atom. The van der Waals surface area contributed by atoms with Crippen molar-refractivity contribution in [1.29, 1.82) is 0 Å². The highest BCUT2D eigenvalue weighted by Gasteiger charge is 2.35. The lowest BCUT2D eigenvalue weighted by molar-refractivity contribution is -0.123. The van der Waals surface area contributed by atoms with Crippen molar-refractivity contribution in [3.05, 3.63) is 102 Å². The average Bonchev–Trinajstić information content (AvgIpc) is 3.05. The molecule has 1 fully saturated rings. The van der Waals surface area contributed by atoms with E-state index in [1.807, 2.05) is 30.3 Å². The molecule has 1 aliphatic heterocycles. The number of imide groups is 1. The molecule has 8 heteroatoms. The predicted molar refractivity (Wildman–Crippen MR) is 136 cm³/mol. The van der Waals surface area contributed by atoms with Crippen LogP contribution in [0.3, 0.4) is 0 Å². The minimum atomic E-state index is -0.505. The summed E-state index contributed by atoms with van der Waals surface area (Å²) in [4.78, 5) is 39.4. The second kappa shape index (κ2) is 10.0. The van der Waals surface area contributed by atoms with E-state index < -0.39 is 5.97 Å². The van der Waals surface area contributed by atoms with Gasteiger partial charge in [0.2, 0.25) is 0 Å². The Morgan fingerprint density at radius 2 is 1.75 bits per heavy atom. The van der Waals surface area contributed by atoms with Crippen molar-refractivity contribution in [1.82, 2.24) is 4.90 Å². The molecule has 160 valence electrons. The van der Waals surface area contributed by atoms with E-state index in [1.165, 1.54) is 4.90 Å². The summed E-state index contributed by atoms with van der Waals surface area (Å²) in [6, 6.07) is 21.4. The quantitative estimate of drug-likeness (QED) is 0.141. The molecule has 32 heavy (non-hydrogen) atoms. The second-order valence-corrected chi connectivity index (χ2v) is 9.99. The lowest BCUT2D eigenvalue weighted by atomic mass is 10.1. The van der Waals surface area contributed by atoms with Crippen LogP contribution in [0, 0.1) is 3.57 Å². The Hall–Kier alpha value is -2.43. The third-order valence-electron chi connectivity index (χ3n) is 4.60. The van der Waals surface area contributed by atoms with E-state index in [9.17, 15) is 14.4 Å². The van der Waals surface area contributed by atoms with Crippen molar-refractivity contribution in [3.8, 4) is 5.75 Å². The molecule has 0 bridgehead atoms. The number of nitrogens with zero attached hydrogens (tertiary/aromatic N) is 1. The van der Waals surface area contributed by atoms with Crippen LogP contribution in [0.4, 0.5) is 4.79 Å². The maximum Gasteiger partial charge on any atom is 0.343 e. The Kier molecular flexibility index (Phi) is 7.12. The molecule has 0 unspecified atom stereocenters. The van der Waals surface area contributed by atoms with E-state index in [0.717, 1.165) is 25.4 Å². The zero-order valence-corrected chi connectivity index (χ0v) is 21.0. The zero-order valence-electron chi connectivity index (χ0n) is 16.5. The van der Waals surface area contributed by atoms with Crippen LogP contribution in [0.15, 0.2) is 82.2 Å². The number of benzene rings is 3. The van der Waals surface area contributed by atoms with E-state index in [0.29, 0.717) is 16.9 Å². The van der Waals surface area contributed by atoms with Gasteiger partial charge in [-0.15, -0.1) is 0 Å². The largest absolute Gasteiger partial charge is 0.422 e. The number of thioether (sulfide) groups is 1. The summed E-state index contributed by atoms with van der Waals surface area (Å²) in [6.45, 7) is 0.202. The van der Waals surface area contributed by atoms with Gasteiger partial charge in [-0.1, -0.05) is 46.3 Å². The fourth-order valence-electron chi connectivity index (χ4n) is 3.01. The molecule has 0 spiro atoms. The minimum Gasteiger partial charge on any atom is -0.422 e. The molecule has 5 nitrogen and oxygen atoms in total.